The van der Waals surface area contributed by atoms with Crippen molar-refractivity contribution in [1.82, 2.24) is 15.1 Å². The molecule has 190 valence electrons. The Balaban J connectivity index is 0.00000164. The maximum absolute atomic E-state index is 12.7. The number of aliphatic hydroxyl groups excluding tert-OH is 1. The Bertz CT molecular complexity index is 940. The zero-order valence-corrected chi connectivity index (χ0v) is 22.1. The number of aromatic nitrogens is 2. The van der Waals surface area contributed by atoms with E-state index in [0.29, 0.717) is 36.2 Å². The van der Waals surface area contributed by atoms with Crippen molar-refractivity contribution in [2.45, 2.75) is 67.3 Å². The normalized spacial score (nSPS) is 11.4. The van der Waals surface area contributed by atoms with Crippen LogP contribution in [0.25, 0.3) is 10.9 Å². The molecule has 2 aromatic rings. The third kappa shape index (κ3) is 10.8. The highest BCUT2D eigenvalue weighted by Gasteiger charge is 2.17. The predicted octanol–water partition coefficient (Wildman–Crippen LogP) is 5.33. The number of allylic oxidation sites excluding steroid dienone is 3. The molecule has 0 radical (unpaired) electrons. The lowest BCUT2D eigenvalue weighted by Crippen LogP contribution is -2.07. The first-order valence-electron chi connectivity index (χ1n) is 11.9. The summed E-state index contributed by atoms with van der Waals surface area (Å²) in [4.78, 5) is 23.7. The van der Waals surface area contributed by atoms with Gasteiger partial charge >= 0.3 is 0 Å². The topological polar surface area (TPSA) is 93.5 Å². The summed E-state index contributed by atoms with van der Waals surface area (Å²) in [7, 11) is 3.38. The standard InChI is InChI=1S/C21H27N3O4.C4H10.C2H6/c1-15(4-6-16(22-2)10-12-25)5-9-20(27)21-18-8-7-17(28-3)14-19(18)24(23-21)11-13-26;1-4(2)3;1-2/h4,6-8,13-14,22,25H,5,9-12H2,1-3H3;4H,1-3H3;1-2H3/b15-4+,16-6-;;. The molecule has 7 heteroatoms. The predicted molar refractivity (Wildman–Crippen MR) is 140 cm³/mol. The summed E-state index contributed by atoms with van der Waals surface area (Å²) in [5, 5.41) is 17.1. The molecule has 0 spiro atoms. The zero-order valence-electron chi connectivity index (χ0n) is 22.1. The second-order valence-electron chi connectivity index (χ2n) is 8.16. The number of ketones is 1. The van der Waals surface area contributed by atoms with Gasteiger partial charge < -0.3 is 20.0 Å². The van der Waals surface area contributed by atoms with Crippen LogP contribution >= 0.6 is 0 Å². The molecule has 7 nitrogen and oxygen atoms in total. The smallest absolute Gasteiger partial charge is 0.184 e. The van der Waals surface area contributed by atoms with E-state index in [2.05, 4.69) is 31.2 Å². The summed E-state index contributed by atoms with van der Waals surface area (Å²) in [5.41, 5.74) is 3.06. The van der Waals surface area contributed by atoms with Crippen molar-refractivity contribution in [2.75, 3.05) is 20.8 Å². The summed E-state index contributed by atoms with van der Waals surface area (Å²) < 4.78 is 6.75. The molecule has 0 saturated carbocycles. The van der Waals surface area contributed by atoms with Gasteiger partial charge in [0.2, 0.25) is 0 Å². The molecule has 0 amide bonds. The maximum Gasteiger partial charge on any atom is 0.184 e. The minimum atomic E-state index is -0.0688. The van der Waals surface area contributed by atoms with Crippen LogP contribution in [0.5, 0.6) is 5.75 Å². The number of rotatable bonds is 11. The average molecular weight is 474 g/mol. The number of hydrogen-bond acceptors (Lipinski definition) is 6. The fourth-order valence-electron chi connectivity index (χ4n) is 2.86. The molecule has 0 aliphatic heterocycles. The van der Waals surface area contributed by atoms with Crippen LogP contribution in [0.2, 0.25) is 0 Å². The van der Waals surface area contributed by atoms with Crippen LogP contribution in [0.3, 0.4) is 0 Å². The summed E-state index contributed by atoms with van der Waals surface area (Å²) >= 11 is 0. The summed E-state index contributed by atoms with van der Waals surface area (Å²) in [6.45, 7) is 12.6. The van der Waals surface area contributed by atoms with Crippen molar-refractivity contribution < 1.29 is 19.4 Å². The number of Topliss-reactive ketones (excluding diaryl/α,β-unsaturated/α-hetero) is 1. The van der Waals surface area contributed by atoms with Crippen molar-refractivity contribution in [3.8, 4) is 5.75 Å². The molecule has 0 aliphatic rings. The quantitative estimate of drug-likeness (QED) is 0.260. The SMILES string of the molecule is CC.CC(C)C.CN/C(=C\C=C(/C)CCC(=O)c1nn(CC=O)c2cc(OC)ccc12)CCO. The molecule has 0 saturated heterocycles. The minimum absolute atomic E-state index is 0.0688. The lowest BCUT2D eigenvalue weighted by atomic mass is 10.0. The third-order valence-electron chi connectivity index (χ3n) is 4.49. The number of aliphatic hydroxyl groups is 1. The Hall–Kier alpha value is -2.93. The number of carbonyl (C=O) groups is 2. The zero-order chi connectivity index (χ0) is 26.1. The Morgan fingerprint density at radius 2 is 1.82 bits per heavy atom. The van der Waals surface area contributed by atoms with Crippen LogP contribution in [0.4, 0.5) is 0 Å². The Kier molecular flexibility index (Phi) is 16.0. The van der Waals surface area contributed by atoms with E-state index in [9.17, 15) is 9.59 Å². The number of aldehydes is 1. The van der Waals surface area contributed by atoms with Crippen molar-refractivity contribution in [1.29, 1.82) is 0 Å². The highest BCUT2D eigenvalue weighted by atomic mass is 16.5. The number of ether oxygens (including phenoxy) is 1. The summed E-state index contributed by atoms with van der Waals surface area (Å²) in [5.74, 6) is 1.41. The second kappa shape index (κ2) is 17.5. The number of benzene rings is 1. The van der Waals surface area contributed by atoms with Crippen LogP contribution in [-0.2, 0) is 11.3 Å². The van der Waals surface area contributed by atoms with E-state index in [1.807, 2.05) is 40.0 Å². The summed E-state index contributed by atoms with van der Waals surface area (Å²) in [6.07, 6.45) is 6.10. The molecule has 34 heavy (non-hydrogen) atoms. The van der Waals surface area contributed by atoms with Gasteiger partial charge in [-0.25, -0.2) is 0 Å². The van der Waals surface area contributed by atoms with Crippen LogP contribution in [0, 0.1) is 5.92 Å². The van der Waals surface area contributed by atoms with Gasteiger partial charge in [-0.1, -0.05) is 46.3 Å². The molecule has 0 fully saturated rings. The first-order valence-corrected chi connectivity index (χ1v) is 11.9. The van der Waals surface area contributed by atoms with E-state index in [0.717, 1.165) is 28.9 Å². The number of fused-ring (bicyclic) bond motifs is 1. The van der Waals surface area contributed by atoms with Gasteiger partial charge in [0.1, 0.15) is 17.7 Å². The highest BCUT2D eigenvalue weighted by Crippen LogP contribution is 2.25. The molecule has 0 bridgehead atoms. The van der Waals surface area contributed by atoms with Gasteiger partial charge in [-0.2, -0.15) is 5.10 Å². The molecule has 1 heterocycles. The fraction of sp³-hybridized carbons (Fsp3) is 0.519. The largest absolute Gasteiger partial charge is 0.497 e. The lowest BCUT2D eigenvalue weighted by Gasteiger charge is -2.04. The summed E-state index contributed by atoms with van der Waals surface area (Å²) in [6, 6.07) is 5.36. The van der Waals surface area contributed by atoms with E-state index >= 15 is 0 Å². The van der Waals surface area contributed by atoms with Gasteiger partial charge in [0.25, 0.3) is 0 Å². The number of nitrogens with zero attached hydrogens (tertiary/aromatic N) is 2. The van der Waals surface area contributed by atoms with Crippen molar-refractivity contribution in [3.05, 3.63) is 47.3 Å². The van der Waals surface area contributed by atoms with E-state index in [1.165, 1.54) is 4.68 Å². The van der Waals surface area contributed by atoms with E-state index in [4.69, 9.17) is 9.84 Å². The van der Waals surface area contributed by atoms with E-state index in [-0.39, 0.29) is 18.9 Å². The van der Waals surface area contributed by atoms with Crippen LogP contribution in [0.1, 0.15) is 71.3 Å². The molecule has 2 rings (SSSR count). The number of hydrogen-bond donors (Lipinski definition) is 2. The van der Waals surface area contributed by atoms with Crippen LogP contribution < -0.4 is 10.1 Å². The molecule has 1 aromatic heterocycles. The van der Waals surface area contributed by atoms with Gasteiger partial charge in [-0.15, -0.1) is 0 Å². The molecule has 0 unspecified atom stereocenters. The molecular weight excluding hydrogens is 430 g/mol. The van der Waals surface area contributed by atoms with E-state index in [1.54, 1.807) is 25.3 Å². The van der Waals surface area contributed by atoms with Crippen LogP contribution in [0.15, 0.2) is 41.6 Å². The van der Waals surface area contributed by atoms with Crippen LogP contribution in [-0.4, -0.2) is 47.7 Å². The van der Waals surface area contributed by atoms with E-state index < -0.39 is 0 Å². The monoisotopic (exact) mass is 473 g/mol. The third-order valence-corrected chi connectivity index (χ3v) is 4.49. The van der Waals surface area contributed by atoms with Gasteiger partial charge in [0.15, 0.2) is 5.78 Å². The average Bonchev–Trinajstić information content (AvgIpc) is 3.19. The molecule has 0 aliphatic carbocycles. The molecule has 2 N–H and O–H groups in total. The Morgan fingerprint density at radius 3 is 2.35 bits per heavy atom. The lowest BCUT2D eigenvalue weighted by molar-refractivity contribution is -0.108. The first kappa shape index (κ1) is 31.1. The van der Waals surface area contributed by atoms with Gasteiger partial charge in [0, 0.05) is 43.6 Å². The number of nitrogens with one attached hydrogen (secondary N) is 1. The van der Waals surface area contributed by atoms with Gasteiger partial charge in [-0.05, 0) is 37.5 Å². The number of carbonyl (C=O) groups excluding carboxylic acids is 2. The first-order chi connectivity index (χ1) is 16.3. The minimum Gasteiger partial charge on any atom is -0.497 e. The molecule has 0 atom stereocenters. The van der Waals surface area contributed by atoms with Gasteiger partial charge in [-0.3, -0.25) is 9.48 Å². The Morgan fingerprint density at radius 1 is 1.18 bits per heavy atom. The van der Waals surface area contributed by atoms with Crippen molar-refractivity contribution >= 4 is 23.0 Å². The maximum atomic E-state index is 12.7. The van der Waals surface area contributed by atoms with Crippen molar-refractivity contribution in [3.63, 3.8) is 0 Å². The highest BCUT2D eigenvalue weighted by molar-refractivity contribution is 6.06. The van der Waals surface area contributed by atoms with Crippen molar-refractivity contribution in [2.24, 2.45) is 5.92 Å². The molecular formula is C27H43N3O4. The van der Waals surface area contributed by atoms with Gasteiger partial charge in [0.05, 0.1) is 19.2 Å². The Labute approximate surface area is 204 Å². The molecule has 1 aromatic carbocycles. The fourth-order valence-corrected chi connectivity index (χ4v) is 2.86. The number of methoxy groups -OCH3 is 1. The second-order valence-corrected chi connectivity index (χ2v) is 8.16.